The topological polar surface area (TPSA) is 104 Å². The predicted octanol–water partition coefficient (Wildman–Crippen LogP) is 1.45. The first-order chi connectivity index (χ1) is 11.3. The number of carboxylic acids is 1. The molecule has 1 aliphatic rings. The van der Waals surface area contributed by atoms with Crippen LogP contribution in [-0.4, -0.2) is 48.8 Å². The summed E-state index contributed by atoms with van der Waals surface area (Å²) >= 11 is 0. The molecule has 0 radical (unpaired) electrons. The third-order valence-electron chi connectivity index (χ3n) is 4.04. The van der Waals surface area contributed by atoms with Gasteiger partial charge in [-0.3, -0.25) is 9.59 Å². The van der Waals surface area contributed by atoms with Crippen LogP contribution in [0.3, 0.4) is 0 Å². The second-order valence-electron chi connectivity index (χ2n) is 5.88. The lowest BCUT2D eigenvalue weighted by Crippen LogP contribution is -2.38. The number of hydrogen-bond acceptors (Lipinski definition) is 4. The molecule has 2 rings (SSSR count). The van der Waals surface area contributed by atoms with E-state index in [0.717, 1.165) is 25.7 Å². The molecule has 1 aromatic rings. The third-order valence-corrected chi connectivity index (χ3v) is 5.95. The highest BCUT2D eigenvalue weighted by atomic mass is 32.2. The zero-order valence-corrected chi connectivity index (χ0v) is 14.4. The number of amides is 1. The molecule has 0 unspecified atom stereocenters. The molecule has 1 saturated heterocycles. The number of hydrogen-bond donors (Lipinski definition) is 2. The van der Waals surface area contributed by atoms with Crippen molar-refractivity contribution in [3.8, 4) is 0 Å². The van der Waals surface area contributed by atoms with E-state index in [1.165, 1.54) is 35.5 Å². The summed E-state index contributed by atoms with van der Waals surface area (Å²) in [5.74, 6) is -1.69. The van der Waals surface area contributed by atoms with E-state index in [2.05, 4.69) is 5.32 Å². The van der Waals surface area contributed by atoms with Crippen molar-refractivity contribution >= 4 is 21.9 Å². The van der Waals surface area contributed by atoms with E-state index >= 15 is 0 Å². The molecule has 0 saturated carbocycles. The predicted molar refractivity (Wildman–Crippen MR) is 88.2 cm³/mol. The molecule has 0 spiro atoms. The van der Waals surface area contributed by atoms with E-state index in [1.807, 2.05) is 0 Å². The fourth-order valence-electron chi connectivity index (χ4n) is 2.55. The van der Waals surface area contributed by atoms with Crippen molar-refractivity contribution in [2.75, 3.05) is 13.1 Å². The van der Waals surface area contributed by atoms with Crippen LogP contribution < -0.4 is 5.32 Å². The Bertz CT molecular complexity index is 692. The lowest BCUT2D eigenvalue weighted by molar-refractivity contribution is -0.138. The molecule has 0 bridgehead atoms. The molecule has 2 N–H and O–H groups in total. The molecular weight excluding hydrogens is 332 g/mol. The zero-order chi connectivity index (χ0) is 17.7. The summed E-state index contributed by atoms with van der Waals surface area (Å²) in [6, 6.07) is 4.56. The Morgan fingerprint density at radius 2 is 1.62 bits per heavy atom. The number of carboxylic acid groups (broad SMARTS) is 1. The maximum absolute atomic E-state index is 12.6. The van der Waals surface area contributed by atoms with Gasteiger partial charge in [-0.15, -0.1) is 0 Å². The number of nitrogens with one attached hydrogen (secondary N) is 1. The first-order valence-electron chi connectivity index (χ1n) is 7.96. The zero-order valence-electron chi connectivity index (χ0n) is 13.6. The third kappa shape index (κ3) is 4.33. The van der Waals surface area contributed by atoms with Gasteiger partial charge in [0.1, 0.15) is 6.04 Å². The van der Waals surface area contributed by atoms with Crippen LogP contribution in [0.25, 0.3) is 0 Å². The van der Waals surface area contributed by atoms with Crippen LogP contribution in [0, 0.1) is 0 Å². The van der Waals surface area contributed by atoms with Crippen molar-refractivity contribution in [3.05, 3.63) is 29.8 Å². The van der Waals surface area contributed by atoms with Gasteiger partial charge in [0.25, 0.3) is 5.91 Å². The monoisotopic (exact) mass is 354 g/mol. The largest absolute Gasteiger partial charge is 0.480 e. The Labute approximate surface area is 141 Å². The Morgan fingerprint density at radius 3 is 2.12 bits per heavy atom. The van der Waals surface area contributed by atoms with Crippen LogP contribution in [0.2, 0.25) is 0 Å². The lowest BCUT2D eigenvalue weighted by Gasteiger charge is -2.20. The molecule has 0 aliphatic carbocycles. The fourth-order valence-corrected chi connectivity index (χ4v) is 4.07. The van der Waals surface area contributed by atoms with Gasteiger partial charge in [0.05, 0.1) is 4.90 Å². The minimum Gasteiger partial charge on any atom is -0.480 e. The van der Waals surface area contributed by atoms with Gasteiger partial charge in [0, 0.05) is 18.7 Å². The van der Waals surface area contributed by atoms with Gasteiger partial charge in [0.2, 0.25) is 10.0 Å². The average molecular weight is 354 g/mol. The SMILES string of the molecule is C[C@@H](NC(=O)c1ccc(S(=O)(=O)N2CCCCCC2)cc1)C(=O)O. The van der Waals surface area contributed by atoms with Crippen molar-refractivity contribution in [2.24, 2.45) is 0 Å². The number of sulfonamides is 1. The highest BCUT2D eigenvalue weighted by Gasteiger charge is 2.25. The maximum atomic E-state index is 12.6. The smallest absolute Gasteiger partial charge is 0.325 e. The van der Waals surface area contributed by atoms with E-state index in [1.54, 1.807) is 0 Å². The van der Waals surface area contributed by atoms with Gasteiger partial charge in [-0.1, -0.05) is 12.8 Å². The van der Waals surface area contributed by atoms with Crippen molar-refractivity contribution in [2.45, 2.75) is 43.5 Å². The normalized spacial score (nSPS) is 17.7. The molecule has 1 aliphatic heterocycles. The maximum Gasteiger partial charge on any atom is 0.325 e. The van der Waals surface area contributed by atoms with Crippen LogP contribution in [0.4, 0.5) is 0 Å². The summed E-state index contributed by atoms with van der Waals surface area (Å²) in [6.07, 6.45) is 3.78. The summed E-state index contributed by atoms with van der Waals surface area (Å²) in [6.45, 7) is 2.39. The molecular formula is C16H22N2O5S. The van der Waals surface area contributed by atoms with Crippen molar-refractivity contribution in [3.63, 3.8) is 0 Å². The first-order valence-corrected chi connectivity index (χ1v) is 9.40. The minimum absolute atomic E-state index is 0.146. The van der Waals surface area contributed by atoms with Crippen molar-refractivity contribution < 1.29 is 23.1 Å². The van der Waals surface area contributed by atoms with Gasteiger partial charge in [-0.2, -0.15) is 4.31 Å². The average Bonchev–Trinajstić information content (AvgIpc) is 2.84. The Morgan fingerprint density at radius 1 is 1.08 bits per heavy atom. The highest BCUT2D eigenvalue weighted by molar-refractivity contribution is 7.89. The van der Waals surface area contributed by atoms with Gasteiger partial charge < -0.3 is 10.4 Å². The van der Waals surface area contributed by atoms with Crippen molar-refractivity contribution in [1.29, 1.82) is 0 Å². The molecule has 7 nitrogen and oxygen atoms in total. The molecule has 1 fully saturated rings. The molecule has 24 heavy (non-hydrogen) atoms. The van der Waals surface area contributed by atoms with Crippen LogP contribution in [0.5, 0.6) is 0 Å². The minimum atomic E-state index is -3.56. The van der Waals surface area contributed by atoms with Gasteiger partial charge in [0.15, 0.2) is 0 Å². The fraction of sp³-hybridized carbons (Fsp3) is 0.500. The number of rotatable bonds is 5. The standard InChI is InChI=1S/C16H22N2O5S/c1-12(16(20)21)17-15(19)13-6-8-14(9-7-13)24(22,23)18-10-4-2-3-5-11-18/h6-9,12H,2-5,10-11H2,1H3,(H,17,19)(H,20,21)/t12-/m1/s1. The van der Waals surface area contributed by atoms with E-state index in [4.69, 9.17) is 5.11 Å². The van der Waals surface area contributed by atoms with Gasteiger partial charge in [-0.25, -0.2) is 8.42 Å². The molecule has 1 atom stereocenters. The quantitative estimate of drug-likeness (QED) is 0.833. The highest BCUT2D eigenvalue weighted by Crippen LogP contribution is 2.20. The van der Waals surface area contributed by atoms with E-state index in [-0.39, 0.29) is 10.5 Å². The Balaban J connectivity index is 2.13. The number of nitrogens with zero attached hydrogens (tertiary/aromatic N) is 1. The molecule has 0 aromatic heterocycles. The van der Waals surface area contributed by atoms with Crippen LogP contribution in [-0.2, 0) is 14.8 Å². The summed E-state index contributed by atoms with van der Waals surface area (Å²) in [4.78, 5) is 22.8. The first kappa shape index (κ1) is 18.4. The lowest BCUT2D eigenvalue weighted by atomic mass is 10.2. The Kier molecular flexibility index (Phi) is 5.95. The van der Waals surface area contributed by atoms with Gasteiger partial charge >= 0.3 is 5.97 Å². The summed E-state index contributed by atoms with van der Waals surface area (Å²) < 4.78 is 26.8. The second-order valence-corrected chi connectivity index (χ2v) is 7.81. The Hall–Kier alpha value is -1.93. The summed E-state index contributed by atoms with van der Waals surface area (Å²) in [7, 11) is -3.56. The van der Waals surface area contributed by atoms with Gasteiger partial charge in [-0.05, 0) is 44.0 Å². The van der Waals surface area contributed by atoms with E-state index in [0.29, 0.717) is 13.1 Å². The van der Waals surface area contributed by atoms with Crippen molar-refractivity contribution in [1.82, 2.24) is 9.62 Å². The number of aliphatic carboxylic acids is 1. The molecule has 132 valence electrons. The molecule has 1 aromatic carbocycles. The molecule has 1 heterocycles. The van der Waals surface area contributed by atoms with Crippen LogP contribution in [0.1, 0.15) is 43.0 Å². The van der Waals surface area contributed by atoms with E-state index in [9.17, 15) is 18.0 Å². The molecule has 8 heteroatoms. The number of benzene rings is 1. The summed E-state index contributed by atoms with van der Waals surface area (Å²) in [5.41, 5.74) is 0.220. The van der Waals surface area contributed by atoms with Crippen LogP contribution in [0.15, 0.2) is 29.2 Å². The van der Waals surface area contributed by atoms with E-state index < -0.39 is 27.9 Å². The number of carbonyl (C=O) groups excluding carboxylic acids is 1. The van der Waals surface area contributed by atoms with Crippen LogP contribution >= 0.6 is 0 Å². The molecule has 1 amide bonds. The number of carbonyl (C=O) groups is 2. The summed E-state index contributed by atoms with van der Waals surface area (Å²) in [5, 5.41) is 11.1. The second kappa shape index (κ2) is 7.76.